The van der Waals surface area contributed by atoms with E-state index in [2.05, 4.69) is 22.6 Å². The summed E-state index contributed by atoms with van der Waals surface area (Å²) in [5.41, 5.74) is -0.0745. The van der Waals surface area contributed by atoms with E-state index in [4.69, 9.17) is 0 Å². The number of rotatable bonds is 2. The van der Waals surface area contributed by atoms with E-state index in [0.717, 1.165) is 0 Å². The Hall–Kier alpha value is -2.03. The van der Waals surface area contributed by atoms with Crippen LogP contribution < -0.4 is 0 Å². The normalized spacial score (nSPS) is 25.4. The topological polar surface area (TPSA) is 80.5 Å². The fourth-order valence-corrected chi connectivity index (χ4v) is 4.61. The van der Waals surface area contributed by atoms with Gasteiger partial charge in [0.15, 0.2) is 5.78 Å². The molecule has 0 bridgehead atoms. The van der Waals surface area contributed by atoms with Gasteiger partial charge in [-0.3, -0.25) is 19.7 Å². The van der Waals surface area contributed by atoms with Gasteiger partial charge in [0, 0.05) is 25.1 Å². The van der Waals surface area contributed by atoms with E-state index < -0.39 is 10.5 Å². The van der Waals surface area contributed by atoms with Gasteiger partial charge in [-0.05, 0) is 17.7 Å². The van der Waals surface area contributed by atoms with Crippen LogP contribution >= 0.6 is 22.6 Å². The van der Waals surface area contributed by atoms with Crippen molar-refractivity contribution >= 4 is 40.0 Å². The first-order chi connectivity index (χ1) is 10.9. The SMILES string of the molecule is CN1C(=O)C(I)C(c2cccc([N+](=O)[O-])c2)C12C=CC(=O)C=C2. The number of likely N-dealkylation sites (N-methyl/N-ethyl adjacent to an activating group) is 1. The third kappa shape index (κ3) is 2.39. The molecule has 1 aromatic carbocycles. The third-order valence-electron chi connectivity index (χ3n) is 4.41. The Morgan fingerprint density at radius 3 is 2.52 bits per heavy atom. The number of ketones is 1. The number of hydrogen-bond acceptors (Lipinski definition) is 4. The number of carbonyl (C=O) groups is 2. The summed E-state index contributed by atoms with van der Waals surface area (Å²) in [6.07, 6.45) is 6.33. The fourth-order valence-electron chi connectivity index (χ4n) is 3.20. The Balaban J connectivity index is 2.15. The van der Waals surface area contributed by atoms with Crippen molar-refractivity contribution in [2.24, 2.45) is 0 Å². The van der Waals surface area contributed by atoms with Crippen molar-refractivity contribution in [1.82, 2.24) is 4.90 Å². The van der Waals surface area contributed by atoms with Crippen molar-refractivity contribution in [1.29, 1.82) is 0 Å². The molecule has 2 aliphatic rings. The molecule has 1 aliphatic heterocycles. The van der Waals surface area contributed by atoms with Gasteiger partial charge >= 0.3 is 0 Å². The lowest BCUT2D eigenvalue weighted by atomic mass is 9.77. The molecule has 6 nitrogen and oxygen atoms in total. The molecule has 0 saturated carbocycles. The molecule has 118 valence electrons. The number of carbonyl (C=O) groups excluding carboxylic acids is 2. The second-order valence-corrected chi connectivity index (χ2v) is 6.93. The van der Waals surface area contributed by atoms with E-state index >= 15 is 0 Å². The van der Waals surface area contributed by atoms with Gasteiger partial charge in [0.05, 0.1) is 14.4 Å². The van der Waals surface area contributed by atoms with Crippen LogP contribution in [0.15, 0.2) is 48.6 Å². The molecule has 1 aromatic rings. The number of benzene rings is 1. The Morgan fingerprint density at radius 1 is 1.26 bits per heavy atom. The summed E-state index contributed by atoms with van der Waals surface area (Å²) in [7, 11) is 1.69. The lowest BCUT2D eigenvalue weighted by Crippen LogP contribution is -2.44. The predicted octanol–water partition coefficient (Wildman–Crippen LogP) is 2.39. The van der Waals surface area contributed by atoms with Crippen molar-refractivity contribution < 1.29 is 14.5 Å². The van der Waals surface area contributed by atoms with Crippen LogP contribution in [0.2, 0.25) is 0 Å². The molecule has 1 saturated heterocycles. The van der Waals surface area contributed by atoms with Crippen molar-refractivity contribution in [2.75, 3.05) is 7.05 Å². The maximum atomic E-state index is 12.5. The number of likely N-dealkylation sites (tertiary alicyclic amines) is 1. The minimum absolute atomic E-state index is 0.0110. The van der Waals surface area contributed by atoms with Crippen LogP contribution in [0.5, 0.6) is 0 Å². The number of nitrogens with zero attached hydrogens (tertiary/aromatic N) is 2. The zero-order chi connectivity index (χ0) is 16.8. The lowest BCUT2D eigenvalue weighted by molar-refractivity contribution is -0.384. The molecular weight excluding hydrogens is 411 g/mol. The molecule has 1 aliphatic carbocycles. The number of alkyl halides is 1. The second kappa shape index (κ2) is 5.55. The molecule has 0 radical (unpaired) electrons. The highest BCUT2D eigenvalue weighted by Gasteiger charge is 2.54. The average Bonchev–Trinajstić information content (AvgIpc) is 2.72. The molecule has 1 heterocycles. The van der Waals surface area contributed by atoms with Crippen LogP contribution in [0.3, 0.4) is 0 Å². The molecule has 0 aromatic heterocycles. The Kier molecular flexibility index (Phi) is 3.83. The fraction of sp³-hybridized carbons (Fsp3) is 0.250. The van der Waals surface area contributed by atoms with Crippen molar-refractivity contribution in [2.45, 2.75) is 15.4 Å². The summed E-state index contributed by atoms with van der Waals surface area (Å²) in [6.45, 7) is 0. The highest BCUT2D eigenvalue weighted by molar-refractivity contribution is 14.1. The smallest absolute Gasteiger partial charge is 0.269 e. The van der Waals surface area contributed by atoms with Gasteiger partial charge in [0.25, 0.3) is 5.69 Å². The molecule has 2 atom stereocenters. The molecular formula is C16H13IN2O4. The number of allylic oxidation sites excluding steroid dienone is 2. The monoisotopic (exact) mass is 424 g/mol. The van der Waals surface area contributed by atoms with Crippen LogP contribution in [-0.2, 0) is 9.59 Å². The van der Waals surface area contributed by atoms with E-state index in [-0.39, 0.29) is 27.2 Å². The average molecular weight is 424 g/mol. The molecule has 1 spiro atoms. The molecule has 3 rings (SSSR count). The van der Waals surface area contributed by atoms with Crippen LogP contribution in [0.25, 0.3) is 0 Å². The minimum atomic E-state index is -0.772. The molecule has 1 amide bonds. The Labute approximate surface area is 146 Å². The van der Waals surface area contributed by atoms with Crippen LogP contribution in [0.4, 0.5) is 5.69 Å². The van der Waals surface area contributed by atoms with Gasteiger partial charge in [-0.15, -0.1) is 0 Å². The molecule has 2 unspecified atom stereocenters. The summed E-state index contributed by atoms with van der Waals surface area (Å²) in [4.78, 5) is 36.2. The largest absolute Gasteiger partial charge is 0.331 e. The van der Waals surface area contributed by atoms with Crippen LogP contribution in [0.1, 0.15) is 11.5 Å². The minimum Gasteiger partial charge on any atom is -0.331 e. The highest BCUT2D eigenvalue weighted by atomic mass is 127. The lowest BCUT2D eigenvalue weighted by Gasteiger charge is -2.36. The summed E-state index contributed by atoms with van der Waals surface area (Å²) in [6, 6.07) is 6.34. The highest BCUT2D eigenvalue weighted by Crippen LogP contribution is 2.48. The van der Waals surface area contributed by atoms with E-state index in [9.17, 15) is 19.7 Å². The molecule has 23 heavy (non-hydrogen) atoms. The number of hydrogen-bond donors (Lipinski definition) is 0. The summed E-state index contributed by atoms with van der Waals surface area (Å²) >= 11 is 2.07. The first-order valence-electron chi connectivity index (χ1n) is 6.95. The predicted molar refractivity (Wildman–Crippen MR) is 92.4 cm³/mol. The van der Waals surface area contributed by atoms with Crippen molar-refractivity contribution in [3.05, 3.63) is 64.2 Å². The van der Waals surface area contributed by atoms with Gasteiger partial charge in [0.1, 0.15) is 0 Å². The molecule has 0 N–H and O–H groups in total. The van der Waals surface area contributed by atoms with Gasteiger partial charge in [0.2, 0.25) is 5.91 Å². The van der Waals surface area contributed by atoms with Crippen molar-refractivity contribution in [3.63, 3.8) is 0 Å². The zero-order valence-electron chi connectivity index (χ0n) is 12.2. The Morgan fingerprint density at radius 2 is 1.91 bits per heavy atom. The third-order valence-corrected chi connectivity index (χ3v) is 5.66. The first-order valence-corrected chi connectivity index (χ1v) is 8.20. The molecule has 1 fully saturated rings. The van der Waals surface area contributed by atoms with E-state index in [1.54, 1.807) is 36.2 Å². The van der Waals surface area contributed by atoms with Gasteiger partial charge in [-0.25, -0.2) is 0 Å². The number of amides is 1. The van der Waals surface area contributed by atoms with Crippen LogP contribution in [0, 0.1) is 10.1 Å². The second-order valence-electron chi connectivity index (χ2n) is 5.59. The molecule has 7 heteroatoms. The zero-order valence-corrected chi connectivity index (χ0v) is 14.3. The van der Waals surface area contributed by atoms with E-state index in [1.807, 2.05) is 0 Å². The van der Waals surface area contributed by atoms with E-state index in [0.29, 0.717) is 5.56 Å². The van der Waals surface area contributed by atoms with Crippen molar-refractivity contribution in [3.8, 4) is 0 Å². The number of halogens is 1. The van der Waals surface area contributed by atoms with E-state index in [1.165, 1.54) is 24.3 Å². The standard InChI is InChI=1S/C16H13IN2O4/c1-18-15(21)14(17)13(16(18)7-5-12(20)6-8-16)10-3-2-4-11(9-10)19(22)23/h2-9,13-14H,1H3. The number of nitro groups is 1. The quantitative estimate of drug-likeness (QED) is 0.316. The van der Waals surface area contributed by atoms with Gasteiger partial charge in [-0.2, -0.15) is 0 Å². The van der Waals surface area contributed by atoms with Gasteiger partial charge < -0.3 is 4.90 Å². The Bertz CT molecular complexity index is 755. The summed E-state index contributed by atoms with van der Waals surface area (Å²) in [5.74, 6) is -0.502. The number of non-ortho nitro benzene ring substituents is 1. The summed E-state index contributed by atoms with van der Waals surface area (Å²) in [5, 5.41) is 11.0. The van der Waals surface area contributed by atoms with Crippen LogP contribution in [-0.4, -0.2) is 38.0 Å². The maximum Gasteiger partial charge on any atom is 0.269 e. The number of nitro benzene ring substituents is 1. The van der Waals surface area contributed by atoms with Gasteiger partial charge in [-0.1, -0.05) is 46.9 Å². The first kappa shape index (κ1) is 15.9. The summed E-state index contributed by atoms with van der Waals surface area (Å²) < 4.78 is -0.373. The maximum absolute atomic E-state index is 12.5.